The van der Waals surface area contributed by atoms with Gasteiger partial charge in [0.15, 0.2) is 0 Å². The minimum absolute atomic E-state index is 0.0894. The van der Waals surface area contributed by atoms with Gasteiger partial charge in [0, 0.05) is 18.2 Å². The van der Waals surface area contributed by atoms with Crippen molar-refractivity contribution in [2.75, 3.05) is 19.0 Å². The maximum Gasteiger partial charge on any atom is 0.230 e. The molecule has 2 aromatic rings. The molecule has 0 aliphatic heterocycles. The zero-order chi connectivity index (χ0) is 15.1. The van der Waals surface area contributed by atoms with E-state index in [1.54, 1.807) is 7.11 Å². The molecule has 0 radical (unpaired) electrons. The summed E-state index contributed by atoms with van der Waals surface area (Å²) < 4.78 is 10.4. The zero-order valence-corrected chi connectivity index (χ0v) is 12.9. The number of benzene rings is 1. The van der Waals surface area contributed by atoms with Crippen LogP contribution in [0.25, 0.3) is 0 Å². The fraction of sp³-hybridized carbons (Fsp3) is 0.333. The van der Waals surface area contributed by atoms with Gasteiger partial charge in [-0.25, -0.2) is 4.98 Å². The number of hydrogen-bond acceptors (Lipinski definition) is 5. The molecule has 1 heterocycles. The number of amides is 1. The Morgan fingerprint density at radius 3 is 2.76 bits per heavy atom. The van der Waals surface area contributed by atoms with Crippen LogP contribution in [-0.4, -0.2) is 24.6 Å². The number of carbonyl (C=O) groups excluding carboxylic acids is 1. The van der Waals surface area contributed by atoms with Gasteiger partial charge in [0.1, 0.15) is 10.8 Å². The van der Waals surface area contributed by atoms with Crippen molar-refractivity contribution in [3.05, 3.63) is 40.3 Å². The van der Waals surface area contributed by atoms with Gasteiger partial charge < -0.3 is 14.8 Å². The van der Waals surface area contributed by atoms with Crippen LogP contribution in [0.4, 0.5) is 5.69 Å². The number of ether oxygens (including phenoxy) is 2. The first-order valence-corrected chi connectivity index (χ1v) is 7.54. The SMILES string of the molecule is CCOc1ccc(NC(=O)Cc2csc(COC)n2)cc1. The molecular formula is C15H18N2O3S. The minimum atomic E-state index is -0.0894. The van der Waals surface area contributed by atoms with Crippen molar-refractivity contribution in [1.82, 2.24) is 4.98 Å². The van der Waals surface area contributed by atoms with Crippen LogP contribution in [0.3, 0.4) is 0 Å². The lowest BCUT2D eigenvalue weighted by Crippen LogP contribution is -2.14. The standard InChI is InChI=1S/C15H18N2O3S/c1-3-20-13-6-4-11(5-7-13)16-14(18)8-12-10-21-15(17-12)9-19-2/h4-7,10H,3,8-9H2,1-2H3,(H,16,18). The number of nitrogens with zero attached hydrogens (tertiary/aromatic N) is 1. The van der Waals surface area contributed by atoms with Crippen LogP contribution in [0.15, 0.2) is 29.6 Å². The molecule has 5 nitrogen and oxygen atoms in total. The van der Waals surface area contributed by atoms with E-state index in [2.05, 4.69) is 10.3 Å². The molecule has 0 saturated carbocycles. The van der Waals surface area contributed by atoms with E-state index in [-0.39, 0.29) is 12.3 Å². The second kappa shape index (κ2) is 7.75. The molecule has 0 bridgehead atoms. The molecule has 6 heteroatoms. The lowest BCUT2D eigenvalue weighted by atomic mass is 10.2. The summed E-state index contributed by atoms with van der Waals surface area (Å²) >= 11 is 1.50. The van der Waals surface area contributed by atoms with Crippen LogP contribution in [-0.2, 0) is 22.6 Å². The predicted octanol–water partition coefficient (Wildman–Crippen LogP) is 2.87. The monoisotopic (exact) mass is 306 g/mol. The van der Waals surface area contributed by atoms with Crippen LogP contribution in [0.5, 0.6) is 5.75 Å². The fourth-order valence-corrected chi connectivity index (χ4v) is 2.55. The molecule has 0 aliphatic rings. The number of thiazole rings is 1. The highest BCUT2D eigenvalue weighted by Gasteiger charge is 2.08. The number of nitrogens with one attached hydrogen (secondary N) is 1. The van der Waals surface area contributed by atoms with E-state index in [9.17, 15) is 4.79 Å². The van der Waals surface area contributed by atoms with Gasteiger partial charge in [0.2, 0.25) is 5.91 Å². The average Bonchev–Trinajstić information content (AvgIpc) is 2.89. The summed E-state index contributed by atoms with van der Waals surface area (Å²) in [4.78, 5) is 16.3. The van der Waals surface area contributed by atoms with Gasteiger partial charge in [-0.2, -0.15) is 0 Å². The Hall–Kier alpha value is -1.92. The highest BCUT2D eigenvalue weighted by Crippen LogP contribution is 2.16. The first kappa shape index (κ1) is 15.5. The van der Waals surface area contributed by atoms with Crippen molar-refractivity contribution in [3.8, 4) is 5.75 Å². The van der Waals surface area contributed by atoms with Crippen molar-refractivity contribution in [1.29, 1.82) is 0 Å². The summed E-state index contributed by atoms with van der Waals surface area (Å²) in [5.41, 5.74) is 1.51. The summed E-state index contributed by atoms with van der Waals surface area (Å²) in [5, 5.41) is 5.60. The Bertz CT molecular complexity index is 581. The second-order valence-electron chi connectivity index (χ2n) is 4.35. The predicted molar refractivity (Wildman–Crippen MR) is 82.8 cm³/mol. The summed E-state index contributed by atoms with van der Waals surface area (Å²) in [6, 6.07) is 7.30. The normalized spacial score (nSPS) is 10.4. The molecule has 1 N–H and O–H groups in total. The van der Waals surface area contributed by atoms with Gasteiger partial charge in [0.25, 0.3) is 0 Å². The first-order chi connectivity index (χ1) is 10.2. The van der Waals surface area contributed by atoms with Gasteiger partial charge in [-0.05, 0) is 31.2 Å². The highest BCUT2D eigenvalue weighted by atomic mass is 32.1. The third kappa shape index (κ3) is 4.84. The molecule has 21 heavy (non-hydrogen) atoms. The number of anilines is 1. The third-order valence-electron chi connectivity index (χ3n) is 2.66. The molecule has 0 saturated heterocycles. The molecule has 0 atom stereocenters. The number of methoxy groups -OCH3 is 1. The number of hydrogen-bond donors (Lipinski definition) is 1. The topological polar surface area (TPSA) is 60.5 Å². The van der Waals surface area contributed by atoms with Crippen molar-refractivity contribution in [2.24, 2.45) is 0 Å². The molecule has 1 aromatic heterocycles. The van der Waals surface area contributed by atoms with E-state index in [0.29, 0.717) is 13.2 Å². The molecular weight excluding hydrogens is 288 g/mol. The zero-order valence-electron chi connectivity index (χ0n) is 12.1. The average molecular weight is 306 g/mol. The van der Waals surface area contributed by atoms with Gasteiger partial charge in [-0.1, -0.05) is 0 Å². The maximum absolute atomic E-state index is 12.0. The molecule has 112 valence electrons. The molecule has 0 unspecified atom stereocenters. The molecule has 0 spiro atoms. The summed E-state index contributed by atoms with van der Waals surface area (Å²) in [5.74, 6) is 0.702. The second-order valence-corrected chi connectivity index (χ2v) is 5.29. The minimum Gasteiger partial charge on any atom is -0.494 e. The van der Waals surface area contributed by atoms with Gasteiger partial charge in [-0.3, -0.25) is 4.79 Å². The van der Waals surface area contributed by atoms with Crippen molar-refractivity contribution in [3.63, 3.8) is 0 Å². The van der Waals surface area contributed by atoms with E-state index in [1.807, 2.05) is 36.6 Å². The smallest absolute Gasteiger partial charge is 0.230 e. The van der Waals surface area contributed by atoms with Gasteiger partial charge in [-0.15, -0.1) is 11.3 Å². The first-order valence-electron chi connectivity index (χ1n) is 6.66. The van der Waals surface area contributed by atoms with Crippen LogP contribution in [0.1, 0.15) is 17.6 Å². The fourth-order valence-electron chi connectivity index (χ4n) is 1.79. The molecule has 0 aliphatic carbocycles. The number of aromatic nitrogens is 1. The van der Waals surface area contributed by atoms with Gasteiger partial charge in [0.05, 0.1) is 25.3 Å². The Labute approximate surface area is 127 Å². The van der Waals surface area contributed by atoms with E-state index >= 15 is 0 Å². The maximum atomic E-state index is 12.0. The lowest BCUT2D eigenvalue weighted by molar-refractivity contribution is -0.115. The van der Waals surface area contributed by atoms with Crippen molar-refractivity contribution >= 4 is 22.9 Å². The molecule has 2 rings (SSSR count). The van der Waals surface area contributed by atoms with Crippen LogP contribution < -0.4 is 10.1 Å². The number of rotatable bonds is 7. The largest absolute Gasteiger partial charge is 0.494 e. The Balaban J connectivity index is 1.88. The van der Waals surface area contributed by atoms with Gasteiger partial charge >= 0.3 is 0 Å². The summed E-state index contributed by atoms with van der Waals surface area (Å²) in [7, 11) is 1.62. The molecule has 1 amide bonds. The Morgan fingerprint density at radius 2 is 2.10 bits per heavy atom. The van der Waals surface area contributed by atoms with E-state index in [4.69, 9.17) is 9.47 Å². The van der Waals surface area contributed by atoms with E-state index in [0.717, 1.165) is 22.1 Å². The number of carbonyl (C=O) groups is 1. The quantitative estimate of drug-likeness (QED) is 0.854. The molecule has 0 fully saturated rings. The van der Waals surface area contributed by atoms with Crippen LogP contribution >= 0.6 is 11.3 Å². The van der Waals surface area contributed by atoms with Crippen LogP contribution in [0.2, 0.25) is 0 Å². The summed E-state index contributed by atoms with van der Waals surface area (Å²) in [6.07, 6.45) is 0.257. The Morgan fingerprint density at radius 1 is 1.33 bits per heavy atom. The lowest BCUT2D eigenvalue weighted by Gasteiger charge is -2.06. The van der Waals surface area contributed by atoms with Crippen molar-refractivity contribution < 1.29 is 14.3 Å². The van der Waals surface area contributed by atoms with E-state index < -0.39 is 0 Å². The van der Waals surface area contributed by atoms with E-state index in [1.165, 1.54) is 11.3 Å². The highest BCUT2D eigenvalue weighted by molar-refractivity contribution is 7.09. The Kier molecular flexibility index (Phi) is 5.71. The van der Waals surface area contributed by atoms with Crippen LogP contribution in [0, 0.1) is 0 Å². The molecule has 1 aromatic carbocycles. The summed E-state index contributed by atoms with van der Waals surface area (Å²) in [6.45, 7) is 3.03. The van der Waals surface area contributed by atoms with Crippen molar-refractivity contribution in [2.45, 2.75) is 20.0 Å². The third-order valence-corrected chi connectivity index (χ3v) is 3.53.